The highest BCUT2D eigenvalue weighted by molar-refractivity contribution is 7.97. The molecule has 0 radical (unpaired) electrons. The van der Waals surface area contributed by atoms with Gasteiger partial charge >= 0.3 is 0 Å². The van der Waals surface area contributed by atoms with Gasteiger partial charge in [0.05, 0.1) is 6.54 Å². The van der Waals surface area contributed by atoms with E-state index in [-0.39, 0.29) is 17.4 Å². The van der Waals surface area contributed by atoms with Crippen molar-refractivity contribution in [2.75, 3.05) is 6.54 Å². The number of aryl methyl sites for hydroxylation is 1. The molecule has 1 aliphatic rings. The maximum atomic E-state index is 13.5. The van der Waals surface area contributed by atoms with Gasteiger partial charge in [0.25, 0.3) is 5.56 Å². The van der Waals surface area contributed by atoms with Crippen LogP contribution in [0, 0.1) is 12.7 Å². The van der Waals surface area contributed by atoms with Crippen LogP contribution in [0.3, 0.4) is 0 Å². The Kier molecular flexibility index (Phi) is 4.37. The predicted octanol–water partition coefficient (Wildman–Crippen LogP) is 4.86. The molecule has 148 valence electrons. The van der Waals surface area contributed by atoms with E-state index in [0.29, 0.717) is 6.54 Å². The second-order valence-corrected chi connectivity index (χ2v) is 8.57. The van der Waals surface area contributed by atoms with Gasteiger partial charge in [0.1, 0.15) is 5.82 Å². The summed E-state index contributed by atoms with van der Waals surface area (Å²) in [4.78, 5) is 16.3. The molecular formula is C22H21FN4OS. The van der Waals surface area contributed by atoms with E-state index in [0.717, 1.165) is 34.3 Å². The van der Waals surface area contributed by atoms with Gasteiger partial charge in [-0.1, -0.05) is 6.07 Å². The Balaban J connectivity index is 1.40. The molecule has 0 fully saturated rings. The lowest BCUT2D eigenvalue weighted by molar-refractivity contribution is 0.363. The zero-order valence-corrected chi connectivity index (χ0v) is 17.0. The van der Waals surface area contributed by atoms with Crippen LogP contribution in [0.5, 0.6) is 0 Å². The molecule has 2 aromatic carbocycles. The number of nitrogens with one attached hydrogen (secondary N) is 2. The lowest BCUT2D eigenvalue weighted by Crippen LogP contribution is -2.25. The van der Waals surface area contributed by atoms with E-state index >= 15 is 0 Å². The Bertz CT molecular complexity index is 1270. The molecule has 29 heavy (non-hydrogen) atoms. The molecule has 0 aliphatic carbocycles. The Morgan fingerprint density at radius 3 is 2.79 bits per heavy atom. The number of fused-ring (bicyclic) bond motifs is 2. The maximum Gasteiger partial charge on any atom is 0.266 e. The van der Waals surface area contributed by atoms with Gasteiger partial charge in [0.2, 0.25) is 0 Å². The highest BCUT2D eigenvalue weighted by Crippen LogP contribution is 2.45. The van der Waals surface area contributed by atoms with E-state index in [1.807, 2.05) is 19.2 Å². The van der Waals surface area contributed by atoms with E-state index in [2.05, 4.69) is 39.5 Å². The summed E-state index contributed by atoms with van der Waals surface area (Å²) in [6.07, 6.45) is 1.94. The normalized spacial score (nSPS) is 16.6. The molecule has 0 saturated heterocycles. The summed E-state index contributed by atoms with van der Waals surface area (Å²) >= 11 is 1.73. The highest BCUT2D eigenvalue weighted by atomic mass is 32.2. The summed E-state index contributed by atoms with van der Waals surface area (Å²) in [7, 11) is 0. The third kappa shape index (κ3) is 3.20. The number of benzene rings is 2. The Labute approximate surface area is 171 Å². The minimum atomic E-state index is -0.239. The molecule has 3 heterocycles. The zero-order chi connectivity index (χ0) is 20.1. The third-order valence-corrected chi connectivity index (χ3v) is 6.83. The molecule has 4 aromatic rings. The maximum absolute atomic E-state index is 13.5. The van der Waals surface area contributed by atoms with Crippen LogP contribution in [0.25, 0.3) is 22.0 Å². The van der Waals surface area contributed by atoms with Crippen molar-refractivity contribution in [1.29, 1.82) is 0 Å². The van der Waals surface area contributed by atoms with E-state index in [4.69, 9.17) is 0 Å². The number of aromatic amines is 2. The first kappa shape index (κ1) is 18.3. The van der Waals surface area contributed by atoms with Gasteiger partial charge in [-0.05, 0) is 67.3 Å². The molecule has 2 aromatic heterocycles. The molecule has 7 heteroatoms. The Morgan fingerprint density at radius 1 is 1.14 bits per heavy atom. The van der Waals surface area contributed by atoms with Crippen LogP contribution in [-0.2, 0) is 6.54 Å². The molecule has 0 amide bonds. The SMILES string of the molecule is Cc1cc(=O)n(CCN2Sc3ccc(-c4c[nH]c5cc(F)ccc45)cc3C2C)[nH]1. The molecule has 0 bridgehead atoms. The van der Waals surface area contributed by atoms with Crippen molar-refractivity contribution in [3.63, 3.8) is 0 Å². The molecule has 1 unspecified atom stereocenters. The minimum Gasteiger partial charge on any atom is -0.360 e. The smallest absolute Gasteiger partial charge is 0.266 e. The second-order valence-electron chi connectivity index (χ2n) is 7.48. The summed E-state index contributed by atoms with van der Waals surface area (Å²) in [5.74, 6) is -0.239. The number of aromatic nitrogens is 3. The summed E-state index contributed by atoms with van der Waals surface area (Å²) in [6.45, 7) is 5.47. The van der Waals surface area contributed by atoms with Crippen molar-refractivity contribution in [1.82, 2.24) is 19.1 Å². The van der Waals surface area contributed by atoms with Crippen molar-refractivity contribution in [2.45, 2.75) is 31.3 Å². The van der Waals surface area contributed by atoms with Crippen LogP contribution in [-0.4, -0.2) is 25.6 Å². The number of H-pyrrole nitrogens is 2. The second kappa shape index (κ2) is 6.93. The average molecular weight is 409 g/mol. The summed E-state index contributed by atoms with van der Waals surface area (Å²) in [5.41, 5.74) is 5.16. The number of halogens is 1. The van der Waals surface area contributed by atoms with Gasteiger partial charge in [0, 0.05) is 51.9 Å². The van der Waals surface area contributed by atoms with Crippen LogP contribution >= 0.6 is 11.9 Å². The number of hydrogen-bond acceptors (Lipinski definition) is 3. The summed E-state index contributed by atoms with van der Waals surface area (Å²) in [6, 6.07) is 13.2. The fourth-order valence-electron chi connectivity index (χ4n) is 3.99. The van der Waals surface area contributed by atoms with Gasteiger partial charge in [-0.3, -0.25) is 14.6 Å². The van der Waals surface area contributed by atoms with Gasteiger partial charge < -0.3 is 4.98 Å². The van der Waals surface area contributed by atoms with Gasteiger partial charge in [-0.2, -0.15) is 0 Å². The van der Waals surface area contributed by atoms with Crippen molar-refractivity contribution in [3.05, 3.63) is 76.1 Å². The van der Waals surface area contributed by atoms with Crippen LogP contribution in [0.4, 0.5) is 4.39 Å². The quantitative estimate of drug-likeness (QED) is 0.474. The fourth-order valence-corrected chi connectivity index (χ4v) is 5.15. The first-order valence-electron chi connectivity index (χ1n) is 9.61. The summed E-state index contributed by atoms with van der Waals surface area (Å²) in [5, 5.41) is 4.11. The topological polar surface area (TPSA) is 56.8 Å². The first-order chi connectivity index (χ1) is 14.0. The average Bonchev–Trinajstić information content (AvgIpc) is 3.35. The molecule has 2 N–H and O–H groups in total. The van der Waals surface area contributed by atoms with Crippen LogP contribution in [0.2, 0.25) is 0 Å². The van der Waals surface area contributed by atoms with Crippen molar-refractivity contribution >= 4 is 22.9 Å². The molecule has 5 rings (SSSR count). The third-order valence-electron chi connectivity index (χ3n) is 5.52. The van der Waals surface area contributed by atoms with Gasteiger partial charge in [0.15, 0.2) is 0 Å². The predicted molar refractivity (Wildman–Crippen MR) is 114 cm³/mol. The largest absolute Gasteiger partial charge is 0.360 e. The lowest BCUT2D eigenvalue weighted by Gasteiger charge is -2.19. The molecule has 1 aliphatic heterocycles. The van der Waals surface area contributed by atoms with Crippen LogP contribution < -0.4 is 5.56 Å². The molecular weight excluding hydrogens is 387 g/mol. The minimum absolute atomic E-state index is 0.00919. The summed E-state index contributed by atoms with van der Waals surface area (Å²) < 4.78 is 17.5. The first-order valence-corrected chi connectivity index (χ1v) is 10.4. The number of hydrogen-bond donors (Lipinski definition) is 2. The number of rotatable bonds is 4. The lowest BCUT2D eigenvalue weighted by atomic mass is 9.99. The standard InChI is InChI=1S/C22H21FN4OS/c1-13-9-22(28)26(25-13)7-8-27-14(2)18-10-15(3-6-21(18)29-27)19-12-24-20-11-16(23)4-5-17(19)20/h3-6,9-12,14,24-25H,7-8H2,1-2H3. The molecule has 1 atom stereocenters. The van der Waals surface area contributed by atoms with E-state index < -0.39 is 0 Å². The van der Waals surface area contributed by atoms with Gasteiger partial charge in [-0.25, -0.2) is 8.70 Å². The van der Waals surface area contributed by atoms with Crippen molar-refractivity contribution < 1.29 is 4.39 Å². The zero-order valence-electron chi connectivity index (χ0n) is 16.2. The van der Waals surface area contributed by atoms with E-state index in [9.17, 15) is 9.18 Å². The molecule has 5 nitrogen and oxygen atoms in total. The van der Waals surface area contributed by atoms with E-state index in [1.54, 1.807) is 22.7 Å². The van der Waals surface area contributed by atoms with Gasteiger partial charge in [-0.15, -0.1) is 0 Å². The highest BCUT2D eigenvalue weighted by Gasteiger charge is 2.28. The van der Waals surface area contributed by atoms with E-state index in [1.165, 1.54) is 22.6 Å². The molecule has 0 saturated carbocycles. The van der Waals surface area contributed by atoms with Crippen LogP contribution in [0.15, 0.2) is 58.4 Å². The van der Waals surface area contributed by atoms with Crippen LogP contribution in [0.1, 0.15) is 24.2 Å². The van der Waals surface area contributed by atoms with Crippen molar-refractivity contribution in [2.24, 2.45) is 0 Å². The Hall–Kier alpha value is -2.77. The number of nitrogens with zero attached hydrogens (tertiary/aromatic N) is 2. The monoisotopic (exact) mass is 408 g/mol. The fraction of sp³-hybridized carbons (Fsp3) is 0.227. The Morgan fingerprint density at radius 2 is 2.00 bits per heavy atom. The molecule has 0 spiro atoms. The van der Waals surface area contributed by atoms with Crippen molar-refractivity contribution in [3.8, 4) is 11.1 Å².